The molecule has 1 aliphatic carbocycles. The largest absolute Gasteiger partial charge is 0.348 e. The smallest absolute Gasteiger partial charge is 0.273 e. The van der Waals surface area contributed by atoms with Gasteiger partial charge in [0.2, 0.25) is 10.0 Å². The lowest BCUT2D eigenvalue weighted by atomic mass is 9.95. The second kappa shape index (κ2) is 8.70. The van der Waals surface area contributed by atoms with E-state index in [2.05, 4.69) is 15.6 Å². The summed E-state index contributed by atoms with van der Waals surface area (Å²) in [6, 6.07) is 6.03. The topological polar surface area (TPSA) is 97.2 Å². The Morgan fingerprint density at radius 2 is 1.94 bits per heavy atom. The Labute approximate surface area is 184 Å². The van der Waals surface area contributed by atoms with Crippen LogP contribution in [0.5, 0.6) is 0 Å². The van der Waals surface area contributed by atoms with E-state index in [1.165, 1.54) is 6.42 Å². The Morgan fingerprint density at radius 1 is 1.19 bits per heavy atom. The van der Waals surface area contributed by atoms with E-state index in [9.17, 15) is 13.2 Å². The van der Waals surface area contributed by atoms with Gasteiger partial charge in [0.25, 0.3) is 5.91 Å². The molecule has 8 nitrogen and oxygen atoms in total. The molecule has 2 aliphatic rings. The highest BCUT2D eigenvalue weighted by molar-refractivity contribution is 7.89. The molecule has 31 heavy (non-hydrogen) atoms. The number of nitrogens with zero attached hydrogens (tertiary/aromatic N) is 4. The van der Waals surface area contributed by atoms with Crippen LogP contribution in [0.15, 0.2) is 18.2 Å². The zero-order valence-electron chi connectivity index (χ0n) is 18.5. The fourth-order valence-corrected chi connectivity index (χ4v) is 5.81. The Balaban J connectivity index is 1.59. The number of aromatic nitrogens is 3. The molecule has 0 radical (unpaired) electrons. The van der Waals surface area contributed by atoms with Gasteiger partial charge in [-0.15, -0.1) is 5.10 Å². The van der Waals surface area contributed by atoms with Crippen LogP contribution in [-0.4, -0.2) is 51.5 Å². The summed E-state index contributed by atoms with van der Waals surface area (Å²) >= 11 is 0. The summed E-state index contributed by atoms with van der Waals surface area (Å²) in [6.45, 7) is 6.06. The lowest BCUT2D eigenvalue weighted by molar-refractivity contribution is 0.0922. The average Bonchev–Trinajstić information content (AvgIpc) is 3.14. The van der Waals surface area contributed by atoms with Crippen LogP contribution in [0.2, 0.25) is 0 Å². The van der Waals surface area contributed by atoms with Gasteiger partial charge in [-0.2, -0.15) is 4.31 Å². The molecule has 0 atom stereocenters. The van der Waals surface area contributed by atoms with Crippen molar-refractivity contribution in [2.45, 2.75) is 77.1 Å². The maximum atomic E-state index is 12.8. The lowest BCUT2D eigenvalue weighted by Gasteiger charge is -2.30. The van der Waals surface area contributed by atoms with Crippen molar-refractivity contribution in [1.82, 2.24) is 24.6 Å². The fourth-order valence-electron chi connectivity index (χ4n) is 4.55. The molecule has 168 valence electrons. The molecule has 2 aromatic rings. The van der Waals surface area contributed by atoms with Crippen LogP contribution in [0.25, 0.3) is 5.69 Å². The number of rotatable bonds is 5. The molecule has 9 heteroatoms. The van der Waals surface area contributed by atoms with Crippen LogP contribution in [0.3, 0.4) is 0 Å². The normalized spacial score (nSPS) is 18.2. The van der Waals surface area contributed by atoms with Crippen molar-refractivity contribution < 1.29 is 13.2 Å². The maximum Gasteiger partial charge on any atom is 0.273 e. The summed E-state index contributed by atoms with van der Waals surface area (Å²) in [5.41, 5.74) is 3.93. The highest BCUT2D eigenvalue weighted by atomic mass is 32.2. The molecule has 1 saturated carbocycles. The van der Waals surface area contributed by atoms with Gasteiger partial charge in [0.1, 0.15) is 0 Å². The van der Waals surface area contributed by atoms with E-state index in [0.717, 1.165) is 42.5 Å². The summed E-state index contributed by atoms with van der Waals surface area (Å²) in [4.78, 5) is 12.8. The molecule has 4 rings (SSSR count). The number of nitrogens with one attached hydrogen (secondary N) is 1. The Morgan fingerprint density at radius 3 is 2.65 bits per heavy atom. The minimum Gasteiger partial charge on any atom is -0.348 e. The number of hydrogen-bond acceptors (Lipinski definition) is 5. The van der Waals surface area contributed by atoms with Crippen molar-refractivity contribution in [3.8, 4) is 5.69 Å². The van der Waals surface area contributed by atoms with Gasteiger partial charge < -0.3 is 5.32 Å². The number of benzene rings is 1. The Kier molecular flexibility index (Phi) is 6.16. The van der Waals surface area contributed by atoms with Crippen molar-refractivity contribution >= 4 is 15.9 Å². The molecule has 0 unspecified atom stereocenters. The molecule has 0 spiro atoms. The molecule has 1 N–H and O–H groups in total. The third kappa shape index (κ3) is 4.25. The number of amides is 1. The SMILES string of the molecule is Cc1c(C(=O)NC2CCCCC2)nnn1-c1cccc2c1CCN(S(=O)(=O)C(C)C)C2. The molecule has 1 fully saturated rings. The van der Waals surface area contributed by atoms with Gasteiger partial charge in [-0.1, -0.05) is 36.6 Å². The number of carbonyl (C=O) groups is 1. The van der Waals surface area contributed by atoms with Crippen LogP contribution in [0.1, 0.15) is 73.3 Å². The summed E-state index contributed by atoms with van der Waals surface area (Å²) in [7, 11) is -3.30. The summed E-state index contributed by atoms with van der Waals surface area (Å²) in [5, 5.41) is 11.1. The molecule has 1 aliphatic heterocycles. The Hall–Kier alpha value is -2.26. The molecule has 2 heterocycles. The van der Waals surface area contributed by atoms with Crippen LogP contribution < -0.4 is 5.32 Å². The van der Waals surface area contributed by atoms with Gasteiger partial charge >= 0.3 is 0 Å². The number of hydrogen-bond donors (Lipinski definition) is 1. The molecule has 0 saturated heterocycles. The first-order valence-corrected chi connectivity index (χ1v) is 12.6. The van der Waals surface area contributed by atoms with Crippen LogP contribution in [-0.2, 0) is 23.0 Å². The Bertz CT molecular complexity index is 1070. The summed E-state index contributed by atoms with van der Waals surface area (Å²) in [6.07, 6.45) is 6.16. The molecular weight excluding hydrogens is 414 g/mol. The standard InChI is InChI=1S/C22H31N5O3S/c1-15(2)31(29,30)26-13-12-19-17(14-26)8-7-11-20(19)27-16(3)21(24-25-27)22(28)23-18-9-5-4-6-10-18/h7-8,11,15,18H,4-6,9-10,12-14H2,1-3H3,(H,23,28). The molecule has 1 aromatic heterocycles. The minimum atomic E-state index is -3.30. The van der Waals surface area contributed by atoms with Gasteiger partial charge in [0.15, 0.2) is 5.69 Å². The van der Waals surface area contributed by atoms with Gasteiger partial charge in [-0.3, -0.25) is 4.79 Å². The van der Waals surface area contributed by atoms with Crippen LogP contribution in [0.4, 0.5) is 0 Å². The van der Waals surface area contributed by atoms with Crippen LogP contribution in [0, 0.1) is 6.92 Å². The van der Waals surface area contributed by atoms with Gasteiger partial charge in [-0.05, 0) is 57.2 Å². The summed E-state index contributed by atoms with van der Waals surface area (Å²) in [5.74, 6) is -0.172. The van der Waals surface area contributed by atoms with Crippen molar-refractivity contribution in [2.75, 3.05) is 6.54 Å². The van der Waals surface area contributed by atoms with E-state index >= 15 is 0 Å². The van der Waals surface area contributed by atoms with E-state index in [0.29, 0.717) is 30.9 Å². The zero-order valence-corrected chi connectivity index (χ0v) is 19.3. The van der Waals surface area contributed by atoms with Crippen molar-refractivity contribution in [3.05, 3.63) is 40.7 Å². The first-order valence-electron chi connectivity index (χ1n) is 11.1. The second-order valence-electron chi connectivity index (χ2n) is 8.84. The highest BCUT2D eigenvalue weighted by Gasteiger charge is 2.31. The molecule has 1 aromatic carbocycles. The monoisotopic (exact) mass is 445 g/mol. The van der Waals surface area contributed by atoms with Crippen LogP contribution >= 0.6 is 0 Å². The van der Waals surface area contributed by atoms with Crippen molar-refractivity contribution in [2.24, 2.45) is 0 Å². The molecule has 0 bridgehead atoms. The highest BCUT2D eigenvalue weighted by Crippen LogP contribution is 2.28. The van der Waals surface area contributed by atoms with Gasteiger partial charge in [0, 0.05) is 19.1 Å². The minimum absolute atomic E-state index is 0.172. The van der Waals surface area contributed by atoms with E-state index in [-0.39, 0.29) is 11.9 Å². The van der Waals surface area contributed by atoms with Gasteiger partial charge in [0.05, 0.1) is 16.6 Å². The first kappa shape index (κ1) is 22.0. The summed E-state index contributed by atoms with van der Waals surface area (Å²) < 4.78 is 28.5. The van der Waals surface area contributed by atoms with E-state index in [1.54, 1.807) is 22.8 Å². The number of carbonyl (C=O) groups excluding carboxylic acids is 1. The predicted octanol–water partition coefficient (Wildman–Crippen LogP) is 2.73. The zero-order chi connectivity index (χ0) is 22.2. The third-order valence-corrected chi connectivity index (χ3v) is 8.66. The number of sulfonamides is 1. The quantitative estimate of drug-likeness (QED) is 0.763. The van der Waals surface area contributed by atoms with Crippen molar-refractivity contribution in [1.29, 1.82) is 0 Å². The molecule has 1 amide bonds. The number of fused-ring (bicyclic) bond motifs is 1. The second-order valence-corrected chi connectivity index (χ2v) is 11.3. The lowest BCUT2D eigenvalue weighted by Crippen LogP contribution is -2.40. The average molecular weight is 446 g/mol. The third-order valence-electron chi connectivity index (χ3n) is 6.44. The van der Waals surface area contributed by atoms with Crippen molar-refractivity contribution in [3.63, 3.8) is 0 Å². The van der Waals surface area contributed by atoms with E-state index < -0.39 is 15.3 Å². The maximum absolute atomic E-state index is 12.8. The first-order chi connectivity index (χ1) is 14.8. The van der Waals surface area contributed by atoms with Gasteiger partial charge in [-0.25, -0.2) is 13.1 Å². The van der Waals surface area contributed by atoms with E-state index in [4.69, 9.17) is 0 Å². The predicted molar refractivity (Wildman–Crippen MR) is 119 cm³/mol. The fraction of sp³-hybridized carbons (Fsp3) is 0.591. The molecular formula is C22H31N5O3S. The van der Waals surface area contributed by atoms with E-state index in [1.807, 2.05) is 25.1 Å².